The molecule has 0 bridgehead atoms. The monoisotopic (exact) mass is 332 g/mol. The lowest BCUT2D eigenvalue weighted by Crippen LogP contribution is -2.53. The quantitative estimate of drug-likeness (QED) is 0.736. The van der Waals surface area contributed by atoms with Gasteiger partial charge in [-0.25, -0.2) is 4.68 Å². The van der Waals surface area contributed by atoms with E-state index in [2.05, 4.69) is 10.1 Å². The Bertz CT molecular complexity index is 948. The van der Waals surface area contributed by atoms with Crippen LogP contribution in [0.5, 0.6) is 0 Å². The van der Waals surface area contributed by atoms with Crippen LogP contribution in [0.2, 0.25) is 0 Å². The number of hydrogen-bond acceptors (Lipinski definition) is 4. The van der Waals surface area contributed by atoms with Gasteiger partial charge in [0.2, 0.25) is 0 Å². The number of likely N-dealkylation sites (tertiary alicyclic amines) is 1. The van der Waals surface area contributed by atoms with Crippen molar-refractivity contribution in [2.45, 2.75) is 6.04 Å². The van der Waals surface area contributed by atoms with Crippen molar-refractivity contribution in [2.24, 2.45) is 0 Å². The molecule has 0 atom stereocenters. The van der Waals surface area contributed by atoms with Crippen LogP contribution in [-0.2, 0) is 0 Å². The summed E-state index contributed by atoms with van der Waals surface area (Å²) in [6.45, 7) is 0.918. The molecule has 4 rings (SSSR count). The van der Waals surface area contributed by atoms with Crippen LogP contribution in [0.15, 0.2) is 71.7 Å². The predicted molar refractivity (Wildman–Crippen MR) is 93.1 cm³/mol. The first-order chi connectivity index (χ1) is 12.2. The molecular formula is C19H16N4O2. The molecule has 1 aromatic carbocycles. The molecule has 0 aliphatic carbocycles. The van der Waals surface area contributed by atoms with Crippen molar-refractivity contribution >= 4 is 5.91 Å². The predicted octanol–water partition coefficient (Wildman–Crippen LogP) is 2.00. The number of amides is 1. The van der Waals surface area contributed by atoms with Crippen molar-refractivity contribution in [1.82, 2.24) is 19.7 Å². The standard InChI is InChI=1S/C19H16N4O2/c24-18-10-9-16(14-6-2-1-3-7-14)21-23(18)15-12-22(13-15)19(25)17-8-4-5-11-20-17/h1-11,15H,12-13H2. The molecule has 0 unspecified atom stereocenters. The Labute approximate surface area is 144 Å². The van der Waals surface area contributed by atoms with E-state index < -0.39 is 0 Å². The minimum Gasteiger partial charge on any atom is -0.333 e. The van der Waals surface area contributed by atoms with Crippen molar-refractivity contribution in [3.8, 4) is 11.3 Å². The zero-order valence-electron chi connectivity index (χ0n) is 13.4. The van der Waals surface area contributed by atoms with E-state index in [1.54, 1.807) is 35.4 Å². The van der Waals surface area contributed by atoms with Crippen molar-refractivity contribution in [3.63, 3.8) is 0 Å². The number of carbonyl (C=O) groups excluding carboxylic acids is 1. The molecule has 6 nitrogen and oxygen atoms in total. The third kappa shape index (κ3) is 2.94. The Kier molecular flexibility index (Phi) is 3.85. The number of hydrogen-bond donors (Lipinski definition) is 0. The average Bonchev–Trinajstić information content (AvgIpc) is 2.63. The molecule has 1 saturated heterocycles. The lowest BCUT2D eigenvalue weighted by molar-refractivity contribution is 0.0487. The molecule has 2 aromatic heterocycles. The fourth-order valence-electron chi connectivity index (χ4n) is 2.88. The second-order valence-electron chi connectivity index (χ2n) is 5.95. The van der Waals surface area contributed by atoms with Gasteiger partial charge in [-0.15, -0.1) is 0 Å². The van der Waals surface area contributed by atoms with Crippen LogP contribution in [0.3, 0.4) is 0 Å². The number of nitrogens with zero attached hydrogens (tertiary/aromatic N) is 4. The zero-order chi connectivity index (χ0) is 17.2. The third-order valence-corrected chi connectivity index (χ3v) is 4.27. The molecule has 25 heavy (non-hydrogen) atoms. The van der Waals surface area contributed by atoms with Gasteiger partial charge in [0.1, 0.15) is 5.69 Å². The van der Waals surface area contributed by atoms with Gasteiger partial charge in [-0.1, -0.05) is 36.4 Å². The summed E-state index contributed by atoms with van der Waals surface area (Å²) in [5.41, 5.74) is 1.96. The van der Waals surface area contributed by atoms with Crippen molar-refractivity contribution < 1.29 is 4.79 Å². The van der Waals surface area contributed by atoms with Crippen LogP contribution in [0.1, 0.15) is 16.5 Å². The summed E-state index contributed by atoms with van der Waals surface area (Å²) >= 11 is 0. The Balaban J connectivity index is 1.53. The largest absolute Gasteiger partial charge is 0.333 e. The third-order valence-electron chi connectivity index (χ3n) is 4.27. The van der Waals surface area contributed by atoms with E-state index in [4.69, 9.17) is 0 Å². The smallest absolute Gasteiger partial charge is 0.272 e. The fraction of sp³-hybridized carbons (Fsp3) is 0.158. The van der Waals surface area contributed by atoms with Crippen molar-refractivity contribution in [3.05, 3.63) is 82.9 Å². The molecule has 3 heterocycles. The molecule has 0 saturated carbocycles. The maximum absolute atomic E-state index is 12.3. The highest BCUT2D eigenvalue weighted by Gasteiger charge is 2.34. The highest BCUT2D eigenvalue weighted by Crippen LogP contribution is 2.22. The molecule has 1 aliphatic rings. The molecule has 3 aromatic rings. The molecule has 6 heteroatoms. The highest BCUT2D eigenvalue weighted by molar-refractivity contribution is 5.92. The minimum absolute atomic E-state index is 0.108. The normalized spacial score (nSPS) is 14.2. The van der Waals surface area contributed by atoms with Crippen molar-refractivity contribution in [2.75, 3.05) is 13.1 Å². The van der Waals surface area contributed by atoms with Crippen LogP contribution in [-0.4, -0.2) is 38.7 Å². The number of benzene rings is 1. The minimum atomic E-state index is -0.158. The van der Waals surface area contributed by atoms with Gasteiger partial charge in [0.25, 0.3) is 11.5 Å². The lowest BCUT2D eigenvalue weighted by Gasteiger charge is -2.39. The second kappa shape index (κ2) is 6.32. The van der Waals surface area contributed by atoms with Crippen LogP contribution < -0.4 is 5.56 Å². The van der Waals surface area contributed by atoms with E-state index in [9.17, 15) is 9.59 Å². The summed E-state index contributed by atoms with van der Waals surface area (Å²) in [4.78, 5) is 30.3. The molecule has 0 N–H and O–H groups in total. The second-order valence-corrected chi connectivity index (χ2v) is 5.95. The molecule has 1 amide bonds. The van der Waals surface area contributed by atoms with Crippen LogP contribution >= 0.6 is 0 Å². The maximum atomic E-state index is 12.3. The number of rotatable bonds is 3. The SMILES string of the molecule is O=C(c1ccccn1)N1CC(n2nc(-c3ccccc3)ccc2=O)C1. The molecule has 124 valence electrons. The van der Waals surface area contributed by atoms with E-state index in [0.29, 0.717) is 18.8 Å². The summed E-state index contributed by atoms with van der Waals surface area (Å²) in [5.74, 6) is -0.121. The van der Waals surface area contributed by atoms with Gasteiger partial charge in [0.15, 0.2) is 0 Å². The van der Waals surface area contributed by atoms with Gasteiger partial charge in [0.05, 0.1) is 11.7 Å². The zero-order valence-corrected chi connectivity index (χ0v) is 13.4. The number of carbonyl (C=O) groups is 1. The summed E-state index contributed by atoms with van der Waals surface area (Å²) in [6.07, 6.45) is 1.60. The molecule has 0 spiro atoms. The first-order valence-corrected chi connectivity index (χ1v) is 8.08. The Hall–Kier alpha value is -3.28. The fourth-order valence-corrected chi connectivity index (χ4v) is 2.88. The highest BCUT2D eigenvalue weighted by atomic mass is 16.2. The van der Waals surface area contributed by atoms with E-state index >= 15 is 0 Å². The van der Waals surface area contributed by atoms with Gasteiger partial charge in [-0.05, 0) is 18.2 Å². The van der Waals surface area contributed by atoms with E-state index in [-0.39, 0.29) is 17.5 Å². The van der Waals surface area contributed by atoms with Crippen LogP contribution in [0.4, 0.5) is 0 Å². The maximum Gasteiger partial charge on any atom is 0.272 e. The molecule has 1 fully saturated rings. The molecule has 1 aliphatic heterocycles. The van der Waals surface area contributed by atoms with Crippen molar-refractivity contribution in [1.29, 1.82) is 0 Å². The first kappa shape index (κ1) is 15.3. The van der Waals surface area contributed by atoms with Crippen LogP contribution in [0, 0.1) is 0 Å². The summed E-state index contributed by atoms with van der Waals surface area (Å²) in [5, 5.41) is 4.48. The first-order valence-electron chi connectivity index (χ1n) is 8.08. The Morgan fingerprint density at radius 3 is 2.44 bits per heavy atom. The van der Waals surface area contributed by atoms with Crippen LogP contribution in [0.25, 0.3) is 11.3 Å². The Morgan fingerprint density at radius 2 is 1.72 bits per heavy atom. The summed E-state index contributed by atoms with van der Waals surface area (Å²) in [7, 11) is 0. The number of pyridine rings is 1. The van der Waals surface area contributed by atoms with Gasteiger partial charge in [-0.2, -0.15) is 5.10 Å². The van der Waals surface area contributed by atoms with Gasteiger partial charge in [0, 0.05) is 30.9 Å². The van der Waals surface area contributed by atoms with Gasteiger partial charge >= 0.3 is 0 Å². The number of aromatic nitrogens is 3. The molecule has 0 radical (unpaired) electrons. The van der Waals surface area contributed by atoms with Gasteiger partial charge in [-0.3, -0.25) is 14.6 Å². The van der Waals surface area contributed by atoms with E-state index in [0.717, 1.165) is 11.3 Å². The average molecular weight is 332 g/mol. The molecular weight excluding hydrogens is 316 g/mol. The summed E-state index contributed by atoms with van der Waals surface area (Å²) < 4.78 is 1.48. The Morgan fingerprint density at radius 1 is 0.960 bits per heavy atom. The lowest BCUT2D eigenvalue weighted by atomic mass is 10.1. The van der Waals surface area contributed by atoms with Gasteiger partial charge < -0.3 is 4.90 Å². The summed E-state index contributed by atoms with van der Waals surface area (Å²) in [6, 6.07) is 18.1. The topological polar surface area (TPSA) is 68.1 Å². The van der Waals surface area contributed by atoms with E-state index in [1.165, 1.54) is 10.7 Å². The van der Waals surface area contributed by atoms with E-state index in [1.807, 2.05) is 30.3 Å².